The molecule has 6 heteroatoms. The Bertz CT molecular complexity index is 792. The number of carbonyl (C=O) groups is 2. The minimum absolute atomic E-state index is 0.0737. The molecular weight excluding hydrogens is 344 g/mol. The molecule has 0 radical (unpaired) electrons. The summed E-state index contributed by atoms with van der Waals surface area (Å²) in [5, 5.41) is 8.99. The van der Waals surface area contributed by atoms with Crippen molar-refractivity contribution < 1.29 is 19.4 Å². The summed E-state index contributed by atoms with van der Waals surface area (Å²) in [6, 6.07) is 16.2. The molecule has 3 rings (SSSR count). The molecule has 1 N–H and O–H groups in total. The first-order valence-electron chi connectivity index (χ1n) is 8.93. The van der Waals surface area contributed by atoms with Crippen LogP contribution in [-0.4, -0.2) is 66.7 Å². The van der Waals surface area contributed by atoms with Crippen LogP contribution in [0.3, 0.4) is 0 Å². The number of hydrogen-bond donors (Lipinski definition) is 1. The average molecular weight is 368 g/mol. The maximum atomic E-state index is 12.7. The van der Waals surface area contributed by atoms with E-state index in [0.29, 0.717) is 18.7 Å². The van der Waals surface area contributed by atoms with Crippen LogP contribution in [0.4, 0.5) is 0 Å². The van der Waals surface area contributed by atoms with Crippen molar-refractivity contribution in [3.63, 3.8) is 0 Å². The summed E-state index contributed by atoms with van der Waals surface area (Å²) in [5.74, 6) is -1.16. The van der Waals surface area contributed by atoms with E-state index >= 15 is 0 Å². The summed E-state index contributed by atoms with van der Waals surface area (Å²) in [7, 11) is 3.81. The van der Waals surface area contributed by atoms with Crippen molar-refractivity contribution in [3.05, 3.63) is 71.3 Å². The molecule has 0 bridgehead atoms. The molecule has 0 aliphatic carbocycles. The minimum atomic E-state index is -1.01. The van der Waals surface area contributed by atoms with Crippen molar-refractivity contribution in [1.82, 2.24) is 9.80 Å². The van der Waals surface area contributed by atoms with Crippen molar-refractivity contribution in [2.24, 2.45) is 0 Å². The molecule has 1 heterocycles. The maximum absolute atomic E-state index is 12.7. The van der Waals surface area contributed by atoms with Crippen LogP contribution in [-0.2, 0) is 4.74 Å². The van der Waals surface area contributed by atoms with Crippen LogP contribution < -0.4 is 0 Å². The highest BCUT2D eigenvalue weighted by molar-refractivity contribution is 5.95. The average Bonchev–Trinajstić information content (AvgIpc) is 2.68. The molecule has 0 spiro atoms. The highest BCUT2D eigenvalue weighted by atomic mass is 16.5. The standard InChI is InChI=1S/C21H24N2O4/c1-22-12-13-27-18(19(22)15-6-4-3-5-7-15)14-23(2)20(24)16-8-10-17(11-9-16)21(25)26/h3-11,18-19H,12-14H2,1-2H3,(H,25,26)/t18-,19-/m0/s1. The van der Waals surface area contributed by atoms with Crippen LogP contribution in [0, 0.1) is 0 Å². The number of amides is 1. The molecule has 142 valence electrons. The first-order valence-corrected chi connectivity index (χ1v) is 8.93. The van der Waals surface area contributed by atoms with Crippen molar-refractivity contribution in [3.8, 4) is 0 Å². The molecule has 2 aromatic carbocycles. The fourth-order valence-electron chi connectivity index (χ4n) is 3.46. The Hall–Kier alpha value is -2.70. The lowest BCUT2D eigenvalue weighted by atomic mass is 9.98. The number of nitrogens with zero attached hydrogens (tertiary/aromatic N) is 2. The van der Waals surface area contributed by atoms with Gasteiger partial charge in [-0.2, -0.15) is 0 Å². The van der Waals surface area contributed by atoms with Crippen LogP contribution >= 0.6 is 0 Å². The second kappa shape index (κ2) is 8.33. The molecule has 2 atom stereocenters. The van der Waals surface area contributed by atoms with E-state index in [0.717, 1.165) is 12.1 Å². The number of ether oxygens (including phenoxy) is 1. The van der Waals surface area contributed by atoms with E-state index in [-0.39, 0.29) is 23.6 Å². The third-order valence-electron chi connectivity index (χ3n) is 4.92. The number of aromatic carboxylic acids is 1. The van der Waals surface area contributed by atoms with Gasteiger partial charge < -0.3 is 14.7 Å². The molecule has 0 saturated carbocycles. The van der Waals surface area contributed by atoms with Gasteiger partial charge in [-0.3, -0.25) is 9.69 Å². The van der Waals surface area contributed by atoms with Gasteiger partial charge in [-0.15, -0.1) is 0 Å². The summed E-state index contributed by atoms with van der Waals surface area (Å²) < 4.78 is 6.01. The van der Waals surface area contributed by atoms with Crippen molar-refractivity contribution >= 4 is 11.9 Å². The summed E-state index contributed by atoms with van der Waals surface area (Å²) in [4.78, 5) is 27.6. The molecule has 1 amide bonds. The molecule has 0 unspecified atom stereocenters. The Morgan fingerprint density at radius 1 is 1.11 bits per heavy atom. The number of benzene rings is 2. The number of likely N-dealkylation sites (N-methyl/N-ethyl adjacent to an activating group) is 2. The van der Waals surface area contributed by atoms with Gasteiger partial charge in [0.25, 0.3) is 5.91 Å². The van der Waals surface area contributed by atoms with Gasteiger partial charge in [-0.1, -0.05) is 30.3 Å². The molecule has 2 aromatic rings. The van der Waals surface area contributed by atoms with Gasteiger partial charge in [-0.25, -0.2) is 4.79 Å². The lowest BCUT2D eigenvalue weighted by molar-refractivity contribution is -0.0707. The summed E-state index contributed by atoms with van der Waals surface area (Å²) >= 11 is 0. The highest BCUT2D eigenvalue weighted by Crippen LogP contribution is 2.28. The van der Waals surface area contributed by atoms with E-state index in [1.54, 1.807) is 24.1 Å². The zero-order valence-electron chi connectivity index (χ0n) is 15.5. The van der Waals surface area contributed by atoms with Gasteiger partial charge in [0.1, 0.15) is 0 Å². The Morgan fingerprint density at radius 2 is 1.74 bits per heavy atom. The van der Waals surface area contributed by atoms with E-state index in [2.05, 4.69) is 24.1 Å². The van der Waals surface area contributed by atoms with E-state index in [1.165, 1.54) is 12.1 Å². The minimum Gasteiger partial charge on any atom is -0.478 e. The van der Waals surface area contributed by atoms with Gasteiger partial charge in [0, 0.05) is 25.7 Å². The summed E-state index contributed by atoms with van der Waals surface area (Å²) in [6.45, 7) is 1.91. The fraction of sp³-hybridized carbons (Fsp3) is 0.333. The summed E-state index contributed by atoms with van der Waals surface area (Å²) in [5.41, 5.74) is 1.79. The lowest BCUT2D eigenvalue weighted by Crippen LogP contribution is -2.48. The Kier molecular flexibility index (Phi) is 5.88. The van der Waals surface area contributed by atoms with Crippen LogP contribution in [0.25, 0.3) is 0 Å². The Labute approximate surface area is 159 Å². The molecule has 6 nitrogen and oxygen atoms in total. The number of carboxylic acids is 1. The zero-order valence-corrected chi connectivity index (χ0v) is 15.5. The first-order chi connectivity index (χ1) is 13.0. The fourth-order valence-corrected chi connectivity index (χ4v) is 3.46. The van der Waals surface area contributed by atoms with Crippen LogP contribution in [0.15, 0.2) is 54.6 Å². The molecular formula is C21H24N2O4. The third-order valence-corrected chi connectivity index (χ3v) is 4.92. The molecule has 0 aromatic heterocycles. The smallest absolute Gasteiger partial charge is 0.335 e. The van der Waals surface area contributed by atoms with E-state index in [1.807, 2.05) is 18.2 Å². The summed E-state index contributed by atoms with van der Waals surface area (Å²) in [6.07, 6.45) is -0.140. The van der Waals surface area contributed by atoms with Crippen LogP contribution in [0.1, 0.15) is 32.3 Å². The van der Waals surface area contributed by atoms with Crippen LogP contribution in [0.5, 0.6) is 0 Å². The maximum Gasteiger partial charge on any atom is 0.335 e. The molecule has 1 aliphatic heterocycles. The predicted octanol–water partition coefficient (Wildman–Crippen LogP) is 2.53. The zero-order chi connectivity index (χ0) is 19.4. The molecule has 27 heavy (non-hydrogen) atoms. The Balaban J connectivity index is 1.73. The first kappa shape index (κ1) is 19.1. The van der Waals surface area contributed by atoms with Gasteiger partial charge in [-0.05, 0) is 36.9 Å². The normalized spacial score (nSPS) is 20.2. The van der Waals surface area contributed by atoms with Crippen molar-refractivity contribution in [2.45, 2.75) is 12.1 Å². The van der Waals surface area contributed by atoms with Crippen molar-refractivity contribution in [2.75, 3.05) is 33.8 Å². The van der Waals surface area contributed by atoms with E-state index < -0.39 is 5.97 Å². The number of morpholine rings is 1. The van der Waals surface area contributed by atoms with E-state index in [9.17, 15) is 9.59 Å². The van der Waals surface area contributed by atoms with Gasteiger partial charge in [0.2, 0.25) is 0 Å². The van der Waals surface area contributed by atoms with Crippen molar-refractivity contribution in [1.29, 1.82) is 0 Å². The predicted molar refractivity (Wildman–Crippen MR) is 102 cm³/mol. The number of hydrogen-bond acceptors (Lipinski definition) is 4. The quantitative estimate of drug-likeness (QED) is 0.878. The van der Waals surface area contributed by atoms with E-state index in [4.69, 9.17) is 9.84 Å². The second-order valence-corrected chi connectivity index (χ2v) is 6.81. The largest absolute Gasteiger partial charge is 0.478 e. The molecule has 1 aliphatic rings. The van der Waals surface area contributed by atoms with Crippen LogP contribution in [0.2, 0.25) is 0 Å². The number of carboxylic acid groups (broad SMARTS) is 1. The van der Waals surface area contributed by atoms with Gasteiger partial charge in [0.15, 0.2) is 0 Å². The van der Waals surface area contributed by atoms with Gasteiger partial charge >= 0.3 is 5.97 Å². The number of carbonyl (C=O) groups excluding carboxylic acids is 1. The third kappa shape index (κ3) is 4.35. The Morgan fingerprint density at radius 3 is 2.37 bits per heavy atom. The molecule has 1 saturated heterocycles. The monoisotopic (exact) mass is 368 g/mol. The lowest BCUT2D eigenvalue weighted by Gasteiger charge is -2.40. The SMILES string of the molecule is CN(C[C@@H]1OCCN(C)[C@H]1c1ccccc1)C(=O)c1ccc(C(=O)O)cc1. The topological polar surface area (TPSA) is 70.1 Å². The van der Waals surface area contributed by atoms with Gasteiger partial charge in [0.05, 0.1) is 24.3 Å². The number of rotatable bonds is 5. The second-order valence-electron chi connectivity index (χ2n) is 6.81. The highest BCUT2D eigenvalue weighted by Gasteiger charge is 2.33. The molecule has 1 fully saturated rings.